The molecule has 146 valence electrons. The first-order valence-corrected chi connectivity index (χ1v) is 8.41. The Morgan fingerprint density at radius 3 is 2.38 bits per heavy atom. The fourth-order valence-electron chi connectivity index (χ4n) is 2.48. The number of rotatable bonds is 7. The highest BCUT2D eigenvalue weighted by molar-refractivity contribution is 5.88. The molecule has 0 aliphatic rings. The molecular weight excluding hydrogens is 378 g/mol. The minimum Gasteiger partial charge on any atom is -0.478 e. The molecule has 0 saturated carbocycles. The second-order valence-electron chi connectivity index (χ2n) is 5.98. The van der Waals surface area contributed by atoms with Gasteiger partial charge in [-0.25, -0.2) is 10.2 Å². The van der Waals surface area contributed by atoms with Gasteiger partial charge in [-0.3, -0.25) is 14.9 Å². The first kappa shape index (κ1) is 19.5. The number of nitro benzene ring substituents is 1. The zero-order valence-corrected chi connectivity index (χ0v) is 14.9. The SMILES string of the molecule is O=C(Cc1ccc([N+](=O)[O-])cc1)N/N=C\c1ccc(-c2ccc(C(=O)O)cc2)o1. The lowest BCUT2D eigenvalue weighted by atomic mass is 10.1. The van der Waals surface area contributed by atoms with E-state index in [4.69, 9.17) is 9.52 Å². The second-order valence-corrected chi connectivity index (χ2v) is 5.98. The number of non-ortho nitro benzene ring substituents is 1. The second kappa shape index (κ2) is 8.61. The smallest absolute Gasteiger partial charge is 0.335 e. The molecule has 1 heterocycles. The number of hydrazone groups is 1. The average Bonchev–Trinajstić information content (AvgIpc) is 3.17. The van der Waals surface area contributed by atoms with E-state index in [1.807, 2.05) is 0 Å². The van der Waals surface area contributed by atoms with Gasteiger partial charge in [-0.1, -0.05) is 24.3 Å². The summed E-state index contributed by atoms with van der Waals surface area (Å²) in [6.07, 6.45) is 1.36. The highest BCUT2D eigenvalue weighted by atomic mass is 16.6. The van der Waals surface area contributed by atoms with Crippen LogP contribution < -0.4 is 5.43 Å². The molecule has 1 amide bonds. The van der Waals surface area contributed by atoms with E-state index in [1.165, 1.54) is 42.6 Å². The van der Waals surface area contributed by atoms with Gasteiger partial charge in [-0.2, -0.15) is 5.10 Å². The molecule has 2 aromatic carbocycles. The van der Waals surface area contributed by atoms with Gasteiger partial charge in [0.15, 0.2) is 0 Å². The summed E-state index contributed by atoms with van der Waals surface area (Å²) >= 11 is 0. The number of nitrogens with one attached hydrogen (secondary N) is 1. The van der Waals surface area contributed by atoms with Crippen molar-refractivity contribution in [1.82, 2.24) is 5.43 Å². The van der Waals surface area contributed by atoms with Crippen LogP contribution in [-0.4, -0.2) is 28.1 Å². The van der Waals surface area contributed by atoms with E-state index < -0.39 is 10.9 Å². The largest absolute Gasteiger partial charge is 0.478 e. The summed E-state index contributed by atoms with van der Waals surface area (Å²) in [7, 11) is 0. The molecule has 9 heteroatoms. The van der Waals surface area contributed by atoms with Crippen LogP contribution in [-0.2, 0) is 11.2 Å². The third kappa shape index (κ3) is 5.13. The first-order chi connectivity index (χ1) is 13.9. The zero-order valence-electron chi connectivity index (χ0n) is 14.9. The highest BCUT2D eigenvalue weighted by Gasteiger charge is 2.08. The average molecular weight is 393 g/mol. The van der Waals surface area contributed by atoms with Crippen molar-refractivity contribution in [1.29, 1.82) is 0 Å². The van der Waals surface area contributed by atoms with Gasteiger partial charge in [-0.05, 0) is 29.8 Å². The van der Waals surface area contributed by atoms with Crippen molar-refractivity contribution in [3.63, 3.8) is 0 Å². The van der Waals surface area contributed by atoms with E-state index in [2.05, 4.69) is 10.5 Å². The topological polar surface area (TPSA) is 135 Å². The number of carboxylic acids is 1. The van der Waals surface area contributed by atoms with Gasteiger partial charge >= 0.3 is 5.97 Å². The van der Waals surface area contributed by atoms with E-state index in [0.29, 0.717) is 22.6 Å². The monoisotopic (exact) mass is 393 g/mol. The third-order valence-electron chi connectivity index (χ3n) is 3.94. The summed E-state index contributed by atoms with van der Waals surface area (Å²) < 4.78 is 5.59. The predicted octanol–water partition coefficient (Wildman–Crippen LogP) is 3.25. The summed E-state index contributed by atoms with van der Waals surface area (Å²) in [6.45, 7) is 0. The Balaban J connectivity index is 1.56. The molecule has 3 rings (SSSR count). The van der Waals surface area contributed by atoms with Crippen LogP contribution in [0.1, 0.15) is 21.7 Å². The fourth-order valence-corrected chi connectivity index (χ4v) is 2.48. The molecule has 0 saturated heterocycles. The number of carbonyl (C=O) groups excluding carboxylic acids is 1. The zero-order chi connectivity index (χ0) is 20.8. The molecule has 2 N–H and O–H groups in total. The number of benzene rings is 2. The molecule has 0 aliphatic heterocycles. The number of aromatic carboxylic acids is 1. The molecule has 0 atom stereocenters. The Labute approximate surface area is 164 Å². The number of hydrogen-bond donors (Lipinski definition) is 2. The van der Waals surface area contributed by atoms with Gasteiger partial charge in [0.25, 0.3) is 5.69 Å². The molecule has 0 aliphatic carbocycles. The Morgan fingerprint density at radius 2 is 1.76 bits per heavy atom. The standard InChI is InChI=1S/C20H15N3O6/c24-19(11-13-1-7-16(8-2-13)23(27)28)22-21-12-17-9-10-18(29-17)14-3-5-15(6-4-14)20(25)26/h1-10,12H,11H2,(H,22,24)(H,25,26)/b21-12-. The maximum absolute atomic E-state index is 11.9. The number of nitrogens with zero attached hydrogens (tertiary/aromatic N) is 2. The lowest BCUT2D eigenvalue weighted by Crippen LogP contribution is -2.19. The minimum absolute atomic E-state index is 0.0225. The molecule has 0 spiro atoms. The predicted molar refractivity (Wildman–Crippen MR) is 104 cm³/mol. The van der Waals surface area contributed by atoms with Crippen molar-refractivity contribution in [3.05, 3.63) is 87.7 Å². The maximum Gasteiger partial charge on any atom is 0.335 e. The van der Waals surface area contributed by atoms with Gasteiger partial charge in [0, 0.05) is 17.7 Å². The van der Waals surface area contributed by atoms with E-state index in [0.717, 1.165) is 0 Å². The highest BCUT2D eigenvalue weighted by Crippen LogP contribution is 2.22. The molecule has 29 heavy (non-hydrogen) atoms. The number of hydrogen-bond acceptors (Lipinski definition) is 6. The van der Waals surface area contributed by atoms with Crippen LogP contribution in [0, 0.1) is 10.1 Å². The van der Waals surface area contributed by atoms with Crippen molar-refractivity contribution < 1.29 is 24.0 Å². The summed E-state index contributed by atoms with van der Waals surface area (Å²) in [5, 5.41) is 23.4. The van der Waals surface area contributed by atoms with Gasteiger partial charge in [0.05, 0.1) is 23.1 Å². The van der Waals surface area contributed by atoms with Crippen molar-refractivity contribution in [2.45, 2.75) is 6.42 Å². The molecule has 9 nitrogen and oxygen atoms in total. The van der Waals surface area contributed by atoms with Crippen molar-refractivity contribution in [2.75, 3.05) is 0 Å². The number of carboxylic acid groups (broad SMARTS) is 1. The Morgan fingerprint density at radius 1 is 1.07 bits per heavy atom. The lowest BCUT2D eigenvalue weighted by molar-refractivity contribution is -0.384. The van der Waals surface area contributed by atoms with Crippen LogP contribution in [0.2, 0.25) is 0 Å². The Kier molecular flexibility index (Phi) is 5.79. The van der Waals surface area contributed by atoms with Crippen molar-refractivity contribution in [2.24, 2.45) is 5.10 Å². The van der Waals surface area contributed by atoms with Crippen LogP contribution in [0.5, 0.6) is 0 Å². The summed E-state index contributed by atoms with van der Waals surface area (Å²) in [5.41, 5.74) is 3.82. The van der Waals surface area contributed by atoms with Gasteiger partial charge in [0.2, 0.25) is 5.91 Å². The maximum atomic E-state index is 11.9. The number of furan rings is 1. The number of nitro groups is 1. The summed E-state index contributed by atoms with van der Waals surface area (Å²) in [6, 6.07) is 15.3. The third-order valence-corrected chi connectivity index (χ3v) is 3.94. The van der Waals surface area contributed by atoms with E-state index in [9.17, 15) is 19.7 Å². The summed E-state index contributed by atoms with van der Waals surface area (Å²) in [4.78, 5) is 32.9. The van der Waals surface area contributed by atoms with Crippen LogP contribution >= 0.6 is 0 Å². The lowest BCUT2D eigenvalue weighted by Gasteiger charge is -2.00. The van der Waals surface area contributed by atoms with Crippen LogP contribution in [0.3, 0.4) is 0 Å². The van der Waals surface area contributed by atoms with E-state index in [1.54, 1.807) is 24.3 Å². The quantitative estimate of drug-likeness (QED) is 0.359. The summed E-state index contributed by atoms with van der Waals surface area (Å²) in [5.74, 6) is -0.460. The van der Waals surface area contributed by atoms with Crippen molar-refractivity contribution in [3.8, 4) is 11.3 Å². The molecule has 3 aromatic rings. The molecule has 0 unspecified atom stereocenters. The van der Waals surface area contributed by atoms with Crippen molar-refractivity contribution >= 4 is 23.8 Å². The van der Waals surface area contributed by atoms with Crippen LogP contribution in [0.4, 0.5) is 5.69 Å². The Bertz CT molecular complexity index is 1070. The molecule has 0 fully saturated rings. The van der Waals surface area contributed by atoms with E-state index >= 15 is 0 Å². The molecule has 1 aromatic heterocycles. The Hall–Kier alpha value is -4.27. The van der Waals surface area contributed by atoms with Gasteiger partial charge in [-0.15, -0.1) is 0 Å². The normalized spacial score (nSPS) is 10.8. The number of carbonyl (C=O) groups is 2. The molecule has 0 bridgehead atoms. The van der Waals surface area contributed by atoms with Crippen LogP contribution in [0.15, 0.2) is 70.2 Å². The fraction of sp³-hybridized carbons (Fsp3) is 0.0500. The first-order valence-electron chi connectivity index (χ1n) is 8.41. The molecular formula is C20H15N3O6. The number of amides is 1. The van der Waals surface area contributed by atoms with Gasteiger partial charge < -0.3 is 9.52 Å². The minimum atomic E-state index is -1.01. The van der Waals surface area contributed by atoms with Crippen LogP contribution in [0.25, 0.3) is 11.3 Å². The molecule has 0 radical (unpaired) electrons. The van der Waals surface area contributed by atoms with E-state index in [-0.39, 0.29) is 23.6 Å². The van der Waals surface area contributed by atoms with Gasteiger partial charge in [0.1, 0.15) is 11.5 Å².